The number of hydrogen-bond donors (Lipinski definition) is 0. The van der Waals surface area contributed by atoms with Gasteiger partial charge in [0.25, 0.3) is 0 Å². The van der Waals surface area contributed by atoms with Crippen molar-refractivity contribution in [3.63, 3.8) is 0 Å². The number of likely N-dealkylation sites (N-methyl/N-ethyl adjacent to an activating group) is 1. The van der Waals surface area contributed by atoms with Crippen LogP contribution < -0.4 is 0 Å². The molecule has 0 bridgehead atoms. The van der Waals surface area contributed by atoms with Gasteiger partial charge in [-0.2, -0.15) is 0 Å². The highest BCUT2D eigenvalue weighted by Gasteiger charge is 2.36. The van der Waals surface area contributed by atoms with E-state index in [1.807, 2.05) is 12.4 Å². The van der Waals surface area contributed by atoms with E-state index in [0.29, 0.717) is 0 Å². The van der Waals surface area contributed by atoms with Gasteiger partial charge in [0.15, 0.2) is 0 Å². The molecule has 5 rings (SSSR count). The van der Waals surface area contributed by atoms with Crippen LogP contribution in [0.15, 0.2) is 36.7 Å². The minimum absolute atomic E-state index is 0.0731. The van der Waals surface area contributed by atoms with Gasteiger partial charge >= 0.3 is 0 Å². The highest BCUT2D eigenvalue weighted by molar-refractivity contribution is 6.31. The Bertz CT molecular complexity index is 976. The van der Waals surface area contributed by atoms with Crippen LogP contribution in [-0.4, -0.2) is 28.0 Å². The predicted octanol–water partition coefficient (Wildman–Crippen LogP) is 4.19. The molecule has 0 saturated heterocycles. The van der Waals surface area contributed by atoms with Crippen molar-refractivity contribution >= 4 is 22.5 Å². The van der Waals surface area contributed by atoms with E-state index in [4.69, 9.17) is 11.6 Å². The van der Waals surface area contributed by atoms with Crippen molar-refractivity contribution in [2.45, 2.75) is 38.3 Å². The Morgan fingerprint density at radius 3 is 2.80 bits per heavy atom. The molecule has 2 aliphatic heterocycles. The molecular weight excluding hydrogens is 330 g/mol. The SMILES string of the molecule is CN1CCc2c(c3cc(Cl)cc4c3n2CC(C)(c2ccncc2)C4)C1. The summed E-state index contributed by atoms with van der Waals surface area (Å²) in [5, 5.41) is 2.22. The summed E-state index contributed by atoms with van der Waals surface area (Å²) in [6, 6.07) is 8.67. The van der Waals surface area contributed by atoms with Gasteiger partial charge in [-0.1, -0.05) is 18.5 Å². The number of rotatable bonds is 1. The molecule has 25 heavy (non-hydrogen) atoms. The second-order valence-electron chi connectivity index (χ2n) is 7.93. The molecule has 0 spiro atoms. The summed E-state index contributed by atoms with van der Waals surface area (Å²) in [4.78, 5) is 6.61. The molecule has 1 atom stereocenters. The maximum absolute atomic E-state index is 6.52. The number of halogens is 1. The Hall–Kier alpha value is -1.84. The third-order valence-electron chi connectivity index (χ3n) is 6.05. The maximum Gasteiger partial charge on any atom is 0.0520 e. The molecule has 0 N–H and O–H groups in total. The van der Waals surface area contributed by atoms with Crippen molar-refractivity contribution in [1.29, 1.82) is 0 Å². The van der Waals surface area contributed by atoms with Crippen LogP contribution in [0, 0.1) is 0 Å². The first-order valence-corrected chi connectivity index (χ1v) is 9.34. The molecule has 2 aliphatic rings. The first kappa shape index (κ1) is 15.4. The number of hydrogen-bond acceptors (Lipinski definition) is 2. The fourth-order valence-corrected chi connectivity index (χ4v) is 5.09. The van der Waals surface area contributed by atoms with Crippen molar-refractivity contribution < 1.29 is 0 Å². The van der Waals surface area contributed by atoms with Crippen LogP contribution in [0.1, 0.15) is 29.3 Å². The Morgan fingerprint density at radius 1 is 1.20 bits per heavy atom. The van der Waals surface area contributed by atoms with Crippen LogP contribution in [0.3, 0.4) is 0 Å². The van der Waals surface area contributed by atoms with Gasteiger partial charge in [-0.05, 0) is 54.4 Å². The van der Waals surface area contributed by atoms with Crippen molar-refractivity contribution in [3.05, 3.63) is 64.1 Å². The fraction of sp³-hybridized carbons (Fsp3) is 0.381. The van der Waals surface area contributed by atoms with Gasteiger partial charge < -0.3 is 9.47 Å². The van der Waals surface area contributed by atoms with Gasteiger partial charge in [0.05, 0.1) is 5.52 Å². The molecule has 4 heterocycles. The highest BCUT2D eigenvalue weighted by Crippen LogP contribution is 2.43. The minimum atomic E-state index is 0.0731. The number of fused-ring (bicyclic) bond motifs is 3. The first-order valence-electron chi connectivity index (χ1n) is 8.96. The van der Waals surface area contributed by atoms with Gasteiger partial charge in [0, 0.05) is 60.0 Å². The van der Waals surface area contributed by atoms with Gasteiger partial charge in [0.1, 0.15) is 0 Å². The maximum atomic E-state index is 6.52. The van der Waals surface area contributed by atoms with Crippen LogP contribution in [0.2, 0.25) is 5.02 Å². The summed E-state index contributed by atoms with van der Waals surface area (Å²) in [7, 11) is 2.21. The van der Waals surface area contributed by atoms with Gasteiger partial charge in [-0.15, -0.1) is 0 Å². The number of pyridine rings is 1. The third-order valence-corrected chi connectivity index (χ3v) is 6.26. The molecular formula is C21H22ClN3. The highest BCUT2D eigenvalue weighted by atomic mass is 35.5. The molecule has 3 nitrogen and oxygen atoms in total. The molecule has 1 aromatic carbocycles. The average Bonchev–Trinajstić information content (AvgIpc) is 2.89. The summed E-state index contributed by atoms with van der Waals surface area (Å²) in [5.41, 5.74) is 7.21. The van der Waals surface area contributed by atoms with E-state index in [1.54, 1.807) is 0 Å². The zero-order valence-corrected chi connectivity index (χ0v) is 15.5. The smallest absolute Gasteiger partial charge is 0.0520 e. The Morgan fingerprint density at radius 2 is 2.00 bits per heavy atom. The van der Waals surface area contributed by atoms with Gasteiger partial charge in [-0.3, -0.25) is 4.98 Å². The Balaban J connectivity index is 1.76. The standard InChI is InChI=1S/C21H22ClN3/c1-21(15-3-6-23-7-4-15)11-14-9-16(22)10-17-18-12-24(2)8-5-19(18)25(13-21)20(14)17/h3-4,6-7,9-10H,5,8,11-13H2,1-2H3. The van der Waals surface area contributed by atoms with E-state index in [0.717, 1.165) is 37.5 Å². The molecule has 0 aliphatic carbocycles. The predicted molar refractivity (Wildman–Crippen MR) is 102 cm³/mol. The third kappa shape index (κ3) is 2.26. The van der Waals surface area contributed by atoms with E-state index in [-0.39, 0.29) is 5.41 Å². The minimum Gasteiger partial charge on any atom is -0.343 e. The van der Waals surface area contributed by atoms with E-state index in [1.165, 1.54) is 33.3 Å². The molecule has 2 aromatic heterocycles. The van der Waals surface area contributed by atoms with Crippen molar-refractivity contribution in [3.8, 4) is 0 Å². The van der Waals surface area contributed by atoms with Crippen molar-refractivity contribution in [2.24, 2.45) is 0 Å². The largest absolute Gasteiger partial charge is 0.343 e. The molecule has 0 saturated carbocycles. The van der Waals surface area contributed by atoms with E-state index in [2.05, 4.69) is 52.7 Å². The summed E-state index contributed by atoms with van der Waals surface area (Å²) >= 11 is 6.52. The summed E-state index contributed by atoms with van der Waals surface area (Å²) in [6.07, 6.45) is 5.95. The average molecular weight is 352 g/mol. The zero-order chi connectivity index (χ0) is 17.2. The molecule has 128 valence electrons. The van der Waals surface area contributed by atoms with Crippen molar-refractivity contribution in [2.75, 3.05) is 13.6 Å². The zero-order valence-electron chi connectivity index (χ0n) is 14.7. The molecule has 0 fully saturated rings. The first-order chi connectivity index (χ1) is 12.0. The lowest BCUT2D eigenvalue weighted by molar-refractivity contribution is 0.303. The Labute approximate surface area is 153 Å². The lowest BCUT2D eigenvalue weighted by atomic mass is 9.75. The van der Waals surface area contributed by atoms with E-state index in [9.17, 15) is 0 Å². The van der Waals surface area contributed by atoms with Gasteiger partial charge in [-0.25, -0.2) is 0 Å². The van der Waals surface area contributed by atoms with Crippen LogP contribution in [0.25, 0.3) is 10.9 Å². The molecule has 0 radical (unpaired) electrons. The summed E-state index contributed by atoms with van der Waals surface area (Å²) < 4.78 is 2.59. The summed E-state index contributed by atoms with van der Waals surface area (Å²) in [6.45, 7) is 5.55. The second kappa shape index (κ2) is 5.33. The molecule has 4 heteroatoms. The normalized spacial score (nSPS) is 23.0. The quantitative estimate of drug-likeness (QED) is 0.655. The molecule has 1 unspecified atom stereocenters. The number of nitrogens with zero attached hydrogens (tertiary/aromatic N) is 3. The van der Waals surface area contributed by atoms with Crippen LogP contribution in [0.4, 0.5) is 0 Å². The van der Waals surface area contributed by atoms with Gasteiger partial charge in [0.2, 0.25) is 0 Å². The van der Waals surface area contributed by atoms with Crippen LogP contribution in [0.5, 0.6) is 0 Å². The molecule has 3 aromatic rings. The topological polar surface area (TPSA) is 21.1 Å². The fourth-order valence-electron chi connectivity index (χ4n) is 4.85. The monoisotopic (exact) mass is 351 g/mol. The Kier molecular flexibility index (Phi) is 3.28. The summed E-state index contributed by atoms with van der Waals surface area (Å²) in [5.74, 6) is 0. The lowest BCUT2D eigenvalue weighted by Gasteiger charge is -2.37. The van der Waals surface area contributed by atoms with Crippen LogP contribution >= 0.6 is 11.6 Å². The second-order valence-corrected chi connectivity index (χ2v) is 8.37. The number of aromatic nitrogens is 2. The van der Waals surface area contributed by atoms with E-state index < -0.39 is 0 Å². The number of benzene rings is 1. The van der Waals surface area contributed by atoms with Crippen molar-refractivity contribution in [1.82, 2.24) is 14.5 Å². The van der Waals surface area contributed by atoms with Crippen LogP contribution in [-0.2, 0) is 31.3 Å². The lowest BCUT2D eigenvalue weighted by Crippen LogP contribution is -2.36. The van der Waals surface area contributed by atoms with E-state index >= 15 is 0 Å². The molecule has 0 amide bonds.